The van der Waals surface area contributed by atoms with Crippen LogP contribution in [0.15, 0.2) is 48.5 Å². The molecule has 0 unspecified atom stereocenters. The summed E-state index contributed by atoms with van der Waals surface area (Å²) in [4.78, 5) is 12.2. The van der Waals surface area contributed by atoms with Gasteiger partial charge in [0.2, 0.25) is 0 Å². The molecule has 128 valence electrons. The summed E-state index contributed by atoms with van der Waals surface area (Å²) in [6, 6.07) is 14.7. The fourth-order valence-corrected chi connectivity index (χ4v) is 2.84. The first kappa shape index (κ1) is 17.5. The number of carbonyl (C=O) groups is 1. The molecule has 0 N–H and O–H groups in total. The van der Waals surface area contributed by atoms with Crippen molar-refractivity contribution >= 4 is 29.2 Å². The second-order valence-corrected chi connectivity index (χ2v) is 6.26. The average Bonchev–Trinajstić information content (AvgIpc) is 2.98. The van der Waals surface area contributed by atoms with Crippen molar-refractivity contribution < 1.29 is 9.53 Å². The molecule has 0 aliphatic carbocycles. The van der Waals surface area contributed by atoms with E-state index in [9.17, 15) is 4.79 Å². The van der Waals surface area contributed by atoms with Crippen LogP contribution < -0.4 is 0 Å². The minimum Gasteiger partial charge on any atom is -0.456 e. The largest absolute Gasteiger partial charge is 0.456 e. The van der Waals surface area contributed by atoms with Crippen molar-refractivity contribution in [3.8, 4) is 0 Å². The number of ether oxygens (including phenoxy) is 1. The van der Waals surface area contributed by atoms with E-state index in [-0.39, 0.29) is 12.3 Å². The lowest BCUT2D eigenvalue weighted by molar-refractivity contribution is 0.0464. The van der Waals surface area contributed by atoms with Crippen LogP contribution in [0.1, 0.15) is 27.3 Å². The number of rotatable bonds is 5. The van der Waals surface area contributed by atoms with E-state index in [2.05, 4.69) is 10.3 Å². The van der Waals surface area contributed by atoms with Gasteiger partial charge >= 0.3 is 5.97 Å². The lowest BCUT2D eigenvalue weighted by atomic mass is 10.2. The highest BCUT2D eigenvalue weighted by atomic mass is 35.5. The summed E-state index contributed by atoms with van der Waals surface area (Å²) in [6.07, 6.45) is 0. The standard InChI is InChI=1S/C18H15Cl2N3O2/c1-12-17(18(24)25-11-13-6-3-2-4-7-13)21-22-23(12)10-14-15(19)8-5-9-16(14)20/h2-9H,10-11H2,1H3. The lowest BCUT2D eigenvalue weighted by Gasteiger charge is -2.08. The van der Waals surface area contributed by atoms with Crippen molar-refractivity contribution in [3.05, 3.63) is 81.1 Å². The van der Waals surface area contributed by atoms with Crippen molar-refractivity contribution in [2.45, 2.75) is 20.1 Å². The maximum Gasteiger partial charge on any atom is 0.361 e. The highest BCUT2D eigenvalue weighted by Crippen LogP contribution is 2.25. The summed E-state index contributed by atoms with van der Waals surface area (Å²) in [5.74, 6) is -0.516. The van der Waals surface area contributed by atoms with E-state index >= 15 is 0 Å². The zero-order valence-electron chi connectivity index (χ0n) is 13.4. The molecule has 5 nitrogen and oxygen atoms in total. The Morgan fingerprint density at radius 2 is 1.76 bits per heavy atom. The molecule has 0 radical (unpaired) electrons. The Kier molecular flexibility index (Phi) is 5.36. The third-order valence-corrected chi connectivity index (χ3v) is 4.47. The highest BCUT2D eigenvalue weighted by Gasteiger charge is 2.19. The Morgan fingerprint density at radius 1 is 1.08 bits per heavy atom. The molecule has 7 heteroatoms. The summed E-state index contributed by atoms with van der Waals surface area (Å²) in [6.45, 7) is 2.26. The van der Waals surface area contributed by atoms with E-state index in [1.807, 2.05) is 30.3 Å². The molecule has 0 atom stereocenters. The average molecular weight is 376 g/mol. The van der Waals surface area contributed by atoms with Crippen LogP contribution in [0.25, 0.3) is 0 Å². The normalized spacial score (nSPS) is 10.7. The second-order valence-electron chi connectivity index (χ2n) is 5.44. The summed E-state index contributed by atoms with van der Waals surface area (Å²) < 4.78 is 6.87. The predicted molar refractivity (Wildman–Crippen MR) is 95.9 cm³/mol. The van der Waals surface area contributed by atoms with Gasteiger partial charge in [-0.3, -0.25) is 0 Å². The van der Waals surface area contributed by atoms with Gasteiger partial charge in [0.1, 0.15) is 6.61 Å². The third kappa shape index (κ3) is 4.00. The number of benzene rings is 2. The van der Waals surface area contributed by atoms with E-state index < -0.39 is 5.97 Å². The van der Waals surface area contributed by atoms with Crippen molar-refractivity contribution in [3.63, 3.8) is 0 Å². The smallest absolute Gasteiger partial charge is 0.361 e. The molecule has 0 saturated heterocycles. The van der Waals surface area contributed by atoms with Crippen LogP contribution in [0.2, 0.25) is 10.0 Å². The summed E-state index contributed by atoms with van der Waals surface area (Å²) in [5, 5.41) is 9.03. The topological polar surface area (TPSA) is 57.0 Å². The van der Waals surface area contributed by atoms with Gasteiger partial charge in [-0.05, 0) is 24.6 Å². The number of aromatic nitrogens is 3. The lowest BCUT2D eigenvalue weighted by Crippen LogP contribution is -2.09. The molecule has 0 spiro atoms. The first-order valence-electron chi connectivity index (χ1n) is 7.60. The van der Waals surface area contributed by atoms with Gasteiger partial charge in [0.05, 0.1) is 12.2 Å². The molecule has 3 rings (SSSR count). The van der Waals surface area contributed by atoms with Gasteiger partial charge in [0.25, 0.3) is 0 Å². The van der Waals surface area contributed by atoms with Gasteiger partial charge in [0.15, 0.2) is 5.69 Å². The van der Waals surface area contributed by atoms with Crippen LogP contribution in [-0.4, -0.2) is 21.0 Å². The zero-order chi connectivity index (χ0) is 17.8. The van der Waals surface area contributed by atoms with Crippen LogP contribution in [0.5, 0.6) is 0 Å². The minimum absolute atomic E-state index is 0.180. The predicted octanol–water partition coefficient (Wildman–Crippen LogP) is 4.30. The number of esters is 1. The minimum atomic E-state index is -0.516. The fourth-order valence-electron chi connectivity index (χ4n) is 2.32. The molecule has 0 amide bonds. The van der Waals surface area contributed by atoms with E-state index in [0.717, 1.165) is 11.1 Å². The first-order valence-corrected chi connectivity index (χ1v) is 8.36. The Morgan fingerprint density at radius 3 is 2.44 bits per heavy atom. The van der Waals surface area contributed by atoms with Crippen molar-refractivity contribution in [2.75, 3.05) is 0 Å². The van der Waals surface area contributed by atoms with Gasteiger partial charge in [-0.1, -0.05) is 64.8 Å². The SMILES string of the molecule is Cc1c(C(=O)OCc2ccccc2)nnn1Cc1c(Cl)cccc1Cl. The summed E-state index contributed by atoms with van der Waals surface area (Å²) in [5.41, 5.74) is 2.40. The van der Waals surface area contributed by atoms with Crippen LogP contribution in [0.3, 0.4) is 0 Å². The summed E-state index contributed by atoms with van der Waals surface area (Å²) >= 11 is 12.4. The Hall–Kier alpha value is -2.37. The van der Waals surface area contributed by atoms with Gasteiger partial charge in [-0.2, -0.15) is 0 Å². The molecule has 1 heterocycles. The van der Waals surface area contributed by atoms with Gasteiger partial charge < -0.3 is 4.74 Å². The Balaban J connectivity index is 1.73. The molecule has 0 aliphatic heterocycles. The maximum atomic E-state index is 12.2. The zero-order valence-corrected chi connectivity index (χ0v) is 15.0. The van der Waals surface area contributed by atoms with Crippen LogP contribution in [0.4, 0.5) is 0 Å². The monoisotopic (exact) mass is 375 g/mol. The number of nitrogens with zero attached hydrogens (tertiary/aromatic N) is 3. The number of carbonyl (C=O) groups excluding carboxylic acids is 1. The maximum absolute atomic E-state index is 12.2. The quantitative estimate of drug-likeness (QED) is 0.623. The van der Waals surface area contributed by atoms with Crippen molar-refractivity contribution in [1.82, 2.24) is 15.0 Å². The fraction of sp³-hybridized carbons (Fsp3) is 0.167. The number of hydrogen-bond donors (Lipinski definition) is 0. The van der Waals surface area contributed by atoms with Crippen molar-refractivity contribution in [2.24, 2.45) is 0 Å². The van der Waals surface area contributed by atoms with E-state index in [0.29, 0.717) is 22.3 Å². The van der Waals surface area contributed by atoms with Crippen molar-refractivity contribution in [1.29, 1.82) is 0 Å². The third-order valence-electron chi connectivity index (χ3n) is 3.76. The number of halogens is 2. The van der Waals surface area contributed by atoms with Crippen LogP contribution in [0, 0.1) is 6.92 Å². The van der Waals surface area contributed by atoms with Gasteiger partial charge in [-0.15, -0.1) is 5.10 Å². The molecule has 0 saturated carbocycles. The first-order chi connectivity index (χ1) is 12.1. The molecule has 25 heavy (non-hydrogen) atoms. The van der Waals surface area contributed by atoms with Gasteiger partial charge in [0, 0.05) is 15.6 Å². The van der Waals surface area contributed by atoms with E-state index in [1.165, 1.54) is 0 Å². The molecule has 1 aromatic heterocycles. The van der Waals surface area contributed by atoms with Crippen LogP contribution in [-0.2, 0) is 17.9 Å². The highest BCUT2D eigenvalue weighted by molar-refractivity contribution is 6.35. The number of hydrogen-bond acceptors (Lipinski definition) is 4. The molecule has 3 aromatic rings. The molecule has 0 fully saturated rings. The molecule has 0 aliphatic rings. The molecule has 2 aromatic carbocycles. The Labute approximate surface area is 155 Å². The van der Waals surface area contributed by atoms with Gasteiger partial charge in [-0.25, -0.2) is 9.48 Å². The molecular formula is C18H15Cl2N3O2. The van der Waals surface area contributed by atoms with Crippen LogP contribution >= 0.6 is 23.2 Å². The van der Waals surface area contributed by atoms with E-state index in [4.69, 9.17) is 27.9 Å². The van der Waals surface area contributed by atoms with E-state index in [1.54, 1.807) is 29.8 Å². The second kappa shape index (κ2) is 7.68. The molecular weight excluding hydrogens is 361 g/mol. The summed E-state index contributed by atoms with van der Waals surface area (Å²) in [7, 11) is 0. The molecule has 0 bridgehead atoms. The Bertz CT molecular complexity index is 874.